The SMILES string of the molecule is Cc1ccc(C#N)c(Oc2cccnc2)c1. The minimum atomic E-state index is 0.523. The van der Waals surface area contributed by atoms with Gasteiger partial charge in [0, 0.05) is 6.20 Å². The molecule has 0 saturated heterocycles. The minimum absolute atomic E-state index is 0.523. The Labute approximate surface area is 93.9 Å². The molecule has 0 aliphatic carbocycles. The molecule has 0 aliphatic rings. The topological polar surface area (TPSA) is 45.9 Å². The predicted octanol–water partition coefficient (Wildman–Crippen LogP) is 3.05. The Morgan fingerprint density at radius 1 is 1.31 bits per heavy atom. The summed E-state index contributed by atoms with van der Waals surface area (Å²) in [6.45, 7) is 1.96. The third-order valence-corrected chi connectivity index (χ3v) is 2.12. The lowest BCUT2D eigenvalue weighted by atomic mass is 10.1. The van der Waals surface area contributed by atoms with Crippen LogP contribution in [0.4, 0.5) is 0 Å². The monoisotopic (exact) mass is 210 g/mol. The van der Waals surface area contributed by atoms with Crippen molar-refractivity contribution >= 4 is 0 Å². The molecule has 0 atom stereocenters. The van der Waals surface area contributed by atoms with Gasteiger partial charge in [-0.2, -0.15) is 5.26 Å². The average Bonchev–Trinajstić information content (AvgIpc) is 2.31. The number of benzene rings is 1. The molecule has 0 fully saturated rings. The summed E-state index contributed by atoms with van der Waals surface area (Å²) in [5.74, 6) is 1.19. The van der Waals surface area contributed by atoms with Gasteiger partial charge in [-0.25, -0.2) is 0 Å². The van der Waals surface area contributed by atoms with Crippen LogP contribution < -0.4 is 4.74 Å². The van der Waals surface area contributed by atoms with E-state index in [1.165, 1.54) is 0 Å². The molecule has 0 spiro atoms. The Hall–Kier alpha value is -2.34. The molecule has 0 N–H and O–H groups in total. The first-order valence-corrected chi connectivity index (χ1v) is 4.88. The van der Waals surface area contributed by atoms with Crippen LogP contribution in [0.15, 0.2) is 42.7 Å². The maximum Gasteiger partial charge on any atom is 0.145 e. The molecule has 0 unspecified atom stereocenters. The summed E-state index contributed by atoms with van der Waals surface area (Å²) in [5, 5.41) is 8.94. The lowest BCUT2D eigenvalue weighted by Crippen LogP contribution is -1.89. The Balaban J connectivity index is 2.35. The molecule has 3 heteroatoms. The highest BCUT2D eigenvalue weighted by Gasteiger charge is 2.04. The Morgan fingerprint density at radius 3 is 2.88 bits per heavy atom. The number of pyridine rings is 1. The van der Waals surface area contributed by atoms with Crippen LogP contribution in [0.25, 0.3) is 0 Å². The van der Waals surface area contributed by atoms with Crippen molar-refractivity contribution in [3.63, 3.8) is 0 Å². The third-order valence-electron chi connectivity index (χ3n) is 2.12. The fraction of sp³-hybridized carbons (Fsp3) is 0.0769. The average molecular weight is 210 g/mol. The van der Waals surface area contributed by atoms with Gasteiger partial charge in [-0.1, -0.05) is 6.07 Å². The van der Waals surface area contributed by atoms with Crippen molar-refractivity contribution in [2.75, 3.05) is 0 Å². The molecule has 1 heterocycles. The quantitative estimate of drug-likeness (QED) is 0.765. The summed E-state index contributed by atoms with van der Waals surface area (Å²) in [5.41, 5.74) is 1.58. The van der Waals surface area contributed by atoms with E-state index >= 15 is 0 Å². The predicted molar refractivity (Wildman–Crippen MR) is 60.2 cm³/mol. The van der Waals surface area contributed by atoms with Gasteiger partial charge >= 0.3 is 0 Å². The van der Waals surface area contributed by atoms with Crippen LogP contribution >= 0.6 is 0 Å². The molecule has 0 saturated carbocycles. The van der Waals surface area contributed by atoms with E-state index in [1.54, 1.807) is 30.6 Å². The summed E-state index contributed by atoms with van der Waals surface area (Å²) in [6.07, 6.45) is 3.29. The number of aryl methyl sites for hydroxylation is 1. The standard InChI is InChI=1S/C13H10N2O/c1-10-4-5-11(8-14)13(7-10)16-12-3-2-6-15-9-12/h2-7,9H,1H3. The molecule has 16 heavy (non-hydrogen) atoms. The summed E-state index contributed by atoms with van der Waals surface area (Å²) in [7, 11) is 0. The normalized spacial score (nSPS) is 9.50. The van der Waals surface area contributed by atoms with Crippen LogP contribution in [-0.2, 0) is 0 Å². The Morgan fingerprint density at radius 2 is 2.19 bits per heavy atom. The number of ether oxygens (including phenoxy) is 1. The largest absolute Gasteiger partial charge is 0.454 e. The van der Waals surface area contributed by atoms with Crippen molar-refractivity contribution in [1.29, 1.82) is 5.26 Å². The fourth-order valence-corrected chi connectivity index (χ4v) is 1.34. The Bertz CT molecular complexity index is 529. The van der Waals surface area contributed by atoms with Gasteiger partial charge in [0.25, 0.3) is 0 Å². The van der Waals surface area contributed by atoms with Crippen LogP contribution in [0.5, 0.6) is 11.5 Å². The number of nitriles is 1. The van der Waals surface area contributed by atoms with E-state index in [0.717, 1.165) is 5.56 Å². The molecular weight excluding hydrogens is 200 g/mol. The van der Waals surface area contributed by atoms with Crippen molar-refractivity contribution < 1.29 is 4.74 Å². The van der Waals surface area contributed by atoms with Crippen molar-refractivity contribution in [1.82, 2.24) is 4.98 Å². The third kappa shape index (κ3) is 2.18. The smallest absolute Gasteiger partial charge is 0.145 e. The van der Waals surface area contributed by atoms with E-state index in [0.29, 0.717) is 17.1 Å². The Kier molecular flexibility index (Phi) is 2.84. The van der Waals surface area contributed by atoms with Gasteiger partial charge in [-0.3, -0.25) is 4.98 Å². The molecule has 2 aromatic rings. The van der Waals surface area contributed by atoms with Crippen LogP contribution in [0.3, 0.4) is 0 Å². The van der Waals surface area contributed by atoms with Gasteiger partial charge in [0.2, 0.25) is 0 Å². The van der Waals surface area contributed by atoms with Crippen molar-refractivity contribution in [2.45, 2.75) is 6.92 Å². The van der Waals surface area contributed by atoms with E-state index < -0.39 is 0 Å². The lowest BCUT2D eigenvalue weighted by Gasteiger charge is -2.07. The van der Waals surface area contributed by atoms with Gasteiger partial charge in [-0.05, 0) is 36.8 Å². The maximum absolute atomic E-state index is 8.94. The highest BCUT2D eigenvalue weighted by Crippen LogP contribution is 2.25. The van der Waals surface area contributed by atoms with E-state index in [-0.39, 0.29) is 0 Å². The minimum Gasteiger partial charge on any atom is -0.454 e. The second-order valence-electron chi connectivity index (χ2n) is 3.40. The molecule has 78 valence electrons. The molecular formula is C13H10N2O. The summed E-state index contributed by atoms with van der Waals surface area (Å²) in [6, 6.07) is 11.2. The van der Waals surface area contributed by atoms with Crippen molar-refractivity contribution in [3.05, 3.63) is 53.9 Å². The van der Waals surface area contributed by atoms with Crippen LogP contribution in [-0.4, -0.2) is 4.98 Å². The fourth-order valence-electron chi connectivity index (χ4n) is 1.34. The van der Waals surface area contributed by atoms with Gasteiger partial charge in [0.1, 0.15) is 17.6 Å². The molecule has 0 amide bonds. The number of hydrogen-bond acceptors (Lipinski definition) is 3. The number of hydrogen-bond donors (Lipinski definition) is 0. The second kappa shape index (κ2) is 4.45. The number of aromatic nitrogens is 1. The summed E-state index contributed by atoms with van der Waals surface area (Å²) in [4.78, 5) is 3.95. The highest BCUT2D eigenvalue weighted by molar-refractivity contribution is 5.46. The van der Waals surface area contributed by atoms with Crippen LogP contribution in [0.2, 0.25) is 0 Å². The molecule has 0 aliphatic heterocycles. The summed E-state index contributed by atoms with van der Waals surface area (Å²) < 4.78 is 5.60. The first-order valence-electron chi connectivity index (χ1n) is 4.88. The maximum atomic E-state index is 8.94. The molecule has 0 radical (unpaired) electrons. The lowest BCUT2D eigenvalue weighted by molar-refractivity contribution is 0.478. The van der Waals surface area contributed by atoms with E-state index in [2.05, 4.69) is 11.1 Å². The molecule has 1 aromatic heterocycles. The van der Waals surface area contributed by atoms with Gasteiger partial charge in [0.05, 0.1) is 11.8 Å². The van der Waals surface area contributed by atoms with Gasteiger partial charge in [0.15, 0.2) is 0 Å². The zero-order chi connectivity index (χ0) is 11.4. The number of rotatable bonds is 2. The van der Waals surface area contributed by atoms with Gasteiger partial charge in [-0.15, -0.1) is 0 Å². The first kappa shape index (κ1) is 10.2. The summed E-state index contributed by atoms with van der Waals surface area (Å²) >= 11 is 0. The zero-order valence-electron chi connectivity index (χ0n) is 8.84. The molecule has 3 nitrogen and oxygen atoms in total. The molecule has 0 bridgehead atoms. The van der Waals surface area contributed by atoms with Crippen LogP contribution in [0.1, 0.15) is 11.1 Å². The van der Waals surface area contributed by atoms with E-state index in [9.17, 15) is 0 Å². The highest BCUT2D eigenvalue weighted by atomic mass is 16.5. The van der Waals surface area contributed by atoms with Crippen molar-refractivity contribution in [3.8, 4) is 17.6 Å². The second-order valence-corrected chi connectivity index (χ2v) is 3.40. The molecule has 1 aromatic carbocycles. The molecule has 2 rings (SSSR count). The zero-order valence-corrected chi connectivity index (χ0v) is 8.84. The first-order chi connectivity index (χ1) is 7.79. The van der Waals surface area contributed by atoms with Crippen LogP contribution in [0, 0.1) is 18.3 Å². The van der Waals surface area contributed by atoms with Crippen molar-refractivity contribution in [2.24, 2.45) is 0 Å². The van der Waals surface area contributed by atoms with E-state index in [1.807, 2.05) is 19.1 Å². The van der Waals surface area contributed by atoms with Gasteiger partial charge < -0.3 is 4.74 Å². The van der Waals surface area contributed by atoms with E-state index in [4.69, 9.17) is 10.00 Å². The number of nitrogens with zero attached hydrogens (tertiary/aromatic N) is 2.